The van der Waals surface area contributed by atoms with Crippen molar-refractivity contribution in [3.8, 4) is 11.3 Å². The molecule has 6 nitrogen and oxygen atoms in total. The number of sulfonamides is 1. The Morgan fingerprint density at radius 1 is 1.00 bits per heavy atom. The van der Waals surface area contributed by atoms with Crippen molar-refractivity contribution < 1.29 is 17.6 Å². The van der Waals surface area contributed by atoms with E-state index in [1.807, 2.05) is 42.5 Å². The lowest BCUT2D eigenvalue weighted by Crippen LogP contribution is -2.30. The number of benzene rings is 2. The monoisotopic (exact) mass is 426 g/mol. The van der Waals surface area contributed by atoms with Crippen LogP contribution in [0.5, 0.6) is 0 Å². The first-order valence-corrected chi connectivity index (χ1v) is 11.3. The molecule has 1 heterocycles. The summed E-state index contributed by atoms with van der Waals surface area (Å²) < 4.78 is 32.9. The number of nitrogens with one attached hydrogen (secondary N) is 2. The van der Waals surface area contributed by atoms with Crippen LogP contribution in [0.2, 0.25) is 0 Å². The second-order valence-corrected chi connectivity index (χ2v) is 9.05. The molecule has 30 heavy (non-hydrogen) atoms. The second-order valence-electron chi connectivity index (χ2n) is 7.33. The number of rotatable bonds is 9. The summed E-state index contributed by atoms with van der Waals surface area (Å²) in [6.07, 6.45) is 0.778. The zero-order valence-electron chi connectivity index (χ0n) is 17.1. The highest BCUT2D eigenvalue weighted by Crippen LogP contribution is 2.22. The third-order valence-corrected chi connectivity index (χ3v) is 6.06. The van der Waals surface area contributed by atoms with Gasteiger partial charge in [0.15, 0.2) is 0 Å². The van der Waals surface area contributed by atoms with E-state index in [9.17, 15) is 13.2 Å². The number of hydrogen-bond acceptors (Lipinski definition) is 4. The van der Waals surface area contributed by atoms with Gasteiger partial charge in [-0.05, 0) is 43.7 Å². The average Bonchev–Trinajstić information content (AvgIpc) is 3.20. The van der Waals surface area contributed by atoms with E-state index in [0.29, 0.717) is 6.42 Å². The Bertz CT molecular complexity index is 1090. The van der Waals surface area contributed by atoms with Crippen molar-refractivity contribution in [2.45, 2.75) is 44.2 Å². The Hall–Kier alpha value is -2.90. The van der Waals surface area contributed by atoms with Gasteiger partial charge < -0.3 is 9.73 Å². The minimum absolute atomic E-state index is 0.124. The van der Waals surface area contributed by atoms with Gasteiger partial charge in [0.25, 0.3) is 0 Å². The summed E-state index contributed by atoms with van der Waals surface area (Å²) in [6.45, 7) is 3.80. The first-order valence-electron chi connectivity index (χ1n) is 9.85. The third kappa shape index (κ3) is 6.05. The van der Waals surface area contributed by atoms with Crippen LogP contribution in [-0.4, -0.2) is 20.4 Å². The lowest BCUT2D eigenvalue weighted by molar-refractivity contribution is -0.121. The molecular weight excluding hydrogens is 400 g/mol. The van der Waals surface area contributed by atoms with Crippen LogP contribution in [0.3, 0.4) is 0 Å². The minimum Gasteiger partial charge on any atom is -0.461 e. The molecule has 0 aliphatic rings. The highest BCUT2D eigenvalue weighted by Gasteiger charge is 2.15. The van der Waals surface area contributed by atoms with Crippen LogP contribution in [0.25, 0.3) is 11.3 Å². The molecule has 0 aliphatic carbocycles. The van der Waals surface area contributed by atoms with Gasteiger partial charge in [0.2, 0.25) is 15.9 Å². The number of amides is 1. The Balaban J connectivity index is 1.52. The lowest BCUT2D eigenvalue weighted by atomic mass is 10.2. The normalized spacial score (nSPS) is 11.6. The van der Waals surface area contributed by atoms with Crippen molar-refractivity contribution in [2.75, 3.05) is 0 Å². The zero-order chi connectivity index (χ0) is 21.6. The van der Waals surface area contributed by atoms with Crippen molar-refractivity contribution in [1.82, 2.24) is 10.0 Å². The Kier molecular flexibility index (Phi) is 7.07. The molecular formula is C23H26N2O4S. The molecule has 7 heteroatoms. The van der Waals surface area contributed by atoms with E-state index >= 15 is 0 Å². The topological polar surface area (TPSA) is 88.4 Å². The van der Waals surface area contributed by atoms with E-state index in [1.165, 1.54) is 6.07 Å². The standard InChI is InChI=1S/C23H26N2O4S/c1-17(2)25-30(27,28)21-10-6-7-18(15-21)16-24-23(26)14-12-20-11-13-22(29-20)19-8-4-3-5-9-19/h3-11,13,15,17,25H,12,14,16H2,1-2H3,(H,24,26). The van der Waals surface area contributed by atoms with Crippen LogP contribution in [0.1, 0.15) is 31.6 Å². The van der Waals surface area contributed by atoms with E-state index in [2.05, 4.69) is 10.0 Å². The summed E-state index contributed by atoms with van der Waals surface area (Å²) >= 11 is 0. The first-order chi connectivity index (χ1) is 14.3. The average molecular weight is 427 g/mol. The molecule has 0 aliphatic heterocycles. The summed E-state index contributed by atoms with van der Waals surface area (Å²) in [6, 6.07) is 19.9. The largest absolute Gasteiger partial charge is 0.461 e. The van der Waals surface area contributed by atoms with Crippen molar-refractivity contribution in [2.24, 2.45) is 0 Å². The molecule has 0 fully saturated rings. The molecule has 3 aromatic rings. The molecule has 0 radical (unpaired) electrons. The van der Waals surface area contributed by atoms with Crippen molar-refractivity contribution in [1.29, 1.82) is 0 Å². The van der Waals surface area contributed by atoms with E-state index < -0.39 is 10.0 Å². The molecule has 0 atom stereocenters. The molecule has 0 saturated carbocycles. The van der Waals surface area contributed by atoms with Crippen molar-refractivity contribution >= 4 is 15.9 Å². The molecule has 0 saturated heterocycles. The molecule has 2 aromatic carbocycles. The smallest absolute Gasteiger partial charge is 0.240 e. The molecule has 0 unspecified atom stereocenters. The Morgan fingerprint density at radius 2 is 1.77 bits per heavy atom. The Labute approximate surface area is 177 Å². The van der Waals surface area contributed by atoms with E-state index in [4.69, 9.17) is 4.42 Å². The van der Waals surface area contributed by atoms with Gasteiger partial charge in [0, 0.05) is 31.0 Å². The van der Waals surface area contributed by atoms with Gasteiger partial charge in [0.05, 0.1) is 4.90 Å². The third-order valence-electron chi connectivity index (χ3n) is 4.41. The van der Waals surface area contributed by atoms with E-state index in [1.54, 1.807) is 32.0 Å². The van der Waals surface area contributed by atoms with Gasteiger partial charge >= 0.3 is 0 Å². The van der Waals surface area contributed by atoms with Gasteiger partial charge in [-0.1, -0.05) is 42.5 Å². The molecule has 1 amide bonds. The molecule has 158 valence electrons. The quantitative estimate of drug-likeness (QED) is 0.543. The highest BCUT2D eigenvalue weighted by molar-refractivity contribution is 7.89. The SMILES string of the molecule is CC(C)NS(=O)(=O)c1cccc(CNC(=O)CCc2ccc(-c3ccccc3)o2)c1. The van der Waals surface area contributed by atoms with Gasteiger partial charge in [-0.2, -0.15) is 0 Å². The summed E-state index contributed by atoms with van der Waals surface area (Å²) in [7, 11) is -3.56. The fourth-order valence-electron chi connectivity index (χ4n) is 3.00. The number of carbonyl (C=O) groups is 1. The molecule has 0 spiro atoms. The maximum Gasteiger partial charge on any atom is 0.240 e. The highest BCUT2D eigenvalue weighted by atomic mass is 32.2. The predicted molar refractivity (Wildman–Crippen MR) is 116 cm³/mol. The summed E-state index contributed by atoms with van der Waals surface area (Å²) in [5, 5.41) is 2.83. The van der Waals surface area contributed by atoms with Gasteiger partial charge in [0.1, 0.15) is 11.5 Å². The van der Waals surface area contributed by atoms with E-state index in [0.717, 1.165) is 22.6 Å². The maximum absolute atomic E-state index is 12.3. The molecule has 1 aromatic heterocycles. The van der Waals surface area contributed by atoms with Crippen LogP contribution in [-0.2, 0) is 27.8 Å². The molecule has 2 N–H and O–H groups in total. The van der Waals surface area contributed by atoms with Crippen LogP contribution < -0.4 is 10.0 Å². The van der Waals surface area contributed by atoms with Crippen molar-refractivity contribution in [3.05, 3.63) is 78.1 Å². The van der Waals surface area contributed by atoms with Gasteiger partial charge in [-0.15, -0.1) is 0 Å². The van der Waals surface area contributed by atoms with Gasteiger partial charge in [-0.25, -0.2) is 13.1 Å². The number of carbonyl (C=O) groups excluding carboxylic acids is 1. The first kappa shape index (κ1) is 21.8. The van der Waals surface area contributed by atoms with Crippen LogP contribution >= 0.6 is 0 Å². The second kappa shape index (κ2) is 9.73. The minimum atomic E-state index is -3.56. The zero-order valence-corrected chi connectivity index (χ0v) is 17.9. The van der Waals surface area contributed by atoms with E-state index in [-0.39, 0.29) is 29.8 Å². The van der Waals surface area contributed by atoms with Crippen LogP contribution in [0.15, 0.2) is 76.0 Å². The lowest BCUT2D eigenvalue weighted by Gasteiger charge is -2.11. The fourth-order valence-corrected chi connectivity index (χ4v) is 4.32. The van der Waals surface area contributed by atoms with Crippen molar-refractivity contribution in [3.63, 3.8) is 0 Å². The van der Waals surface area contributed by atoms with Crippen LogP contribution in [0.4, 0.5) is 0 Å². The Morgan fingerprint density at radius 3 is 2.50 bits per heavy atom. The summed E-state index contributed by atoms with van der Waals surface area (Å²) in [5.41, 5.74) is 1.72. The van der Waals surface area contributed by atoms with Gasteiger partial charge in [-0.3, -0.25) is 4.79 Å². The maximum atomic E-state index is 12.3. The predicted octanol–water partition coefficient (Wildman–Crippen LogP) is 3.88. The summed E-state index contributed by atoms with van der Waals surface area (Å²) in [4.78, 5) is 12.4. The fraction of sp³-hybridized carbons (Fsp3) is 0.261. The summed E-state index contributed by atoms with van der Waals surface area (Å²) in [5.74, 6) is 1.40. The molecule has 0 bridgehead atoms. The number of hydrogen-bond donors (Lipinski definition) is 2. The molecule has 3 rings (SSSR count). The van der Waals surface area contributed by atoms with Crippen LogP contribution in [0, 0.1) is 0 Å². The number of aryl methyl sites for hydroxylation is 1. The number of furan rings is 1.